The molecule has 1 unspecified atom stereocenters. The maximum Gasteiger partial charge on any atom is 0.269 e. The highest BCUT2D eigenvalue weighted by molar-refractivity contribution is 5.98. The van der Waals surface area contributed by atoms with E-state index in [9.17, 15) is 14.9 Å². The largest absolute Gasteiger partial charge is 0.497 e. The molecular formula is C28H30N2O4. The number of nitro groups is 1. The molecule has 0 radical (unpaired) electrons. The van der Waals surface area contributed by atoms with Gasteiger partial charge in [0.1, 0.15) is 5.75 Å². The summed E-state index contributed by atoms with van der Waals surface area (Å²) in [6.07, 6.45) is 2.68. The fraction of sp³-hybridized carbons (Fsp3) is 0.321. The minimum absolute atomic E-state index is 0.0323. The van der Waals surface area contributed by atoms with Gasteiger partial charge in [-0.2, -0.15) is 0 Å². The number of hydrogen-bond donors (Lipinski definition) is 0. The van der Waals surface area contributed by atoms with E-state index < -0.39 is 4.92 Å². The average Bonchev–Trinajstić information content (AvgIpc) is 2.86. The molecule has 4 rings (SSSR count). The highest BCUT2D eigenvalue weighted by atomic mass is 16.6. The van der Waals surface area contributed by atoms with Crippen LogP contribution in [0, 0.1) is 10.1 Å². The van der Waals surface area contributed by atoms with Crippen molar-refractivity contribution in [3.05, 3.63) is 99.1 Å². The van der Waals surface area contributed by atoms with Gasteiger partial charge in [-0.1, -0.05) is 44.2 Å². The Morgan fingerprint density at radius 2 is 1.79 bits per heavy atom. The fourth-order valence-electron chi connectivity index (χ4n) is 4.59. The molecule has 0 fully saturated rings. The predicted molar refractivity (Wildman–Crippen MR) is 133 cm³/mol. The summed E-state index contributed by atoms with van der Waals surface area (Å²) in [7, 11) is 1.64. The maximum absolute atomic E-state index is 14.0. The van der Waals surface area contributed by atoms with Crippen LogP contribution in [-0.4, -0.2) is 17.9 Å². The highest BCUT2D eigenvalue weighted by Crippen LogP contribution is 2.37. The number of benzene rings is 3. The van der Waals surface area contributed by atoms with Gasteiger partial charge in [0.05, 0.1) is 24.5 Å². The topological polar surface area (TPSA) is 72.7 Å². The van der Waals surface area contributed by atoms with Crippen LogP contribution in [0.3, 0.4) is 0 Å². The Kier molecular flexibility index (Phi) is 6.96. The molecule has 0 aromatic heterocycles. The zero-order valence-corrected chi connectivity index (χ0v) is 19.9. The molecule has 34 heavy (non-hydrogen) atoms. The molecule has 0 spiro atoms. The maximum atomic E-state index is 14.0. The summed E-state index contributed by atoms with van der Waals surface area (Å²) in [6, 6.07) is 20.5. The van der Waals surface area contributed by atoms with Gasteiger partial charge >= 0.3 is 0 Å². The quantitative estimate of drug-likeness (QED) is 0.304. The van der Waals surface area contributed by atoms with Crippen molar-refractivity contribution in [3.63, 3.8) is 0 Å². The molecular weight excluding hydrogens is 428 g/mol. The van der Waals surface area contributed by atoms with E-state index in [1.54, 1.807) is 19.2 Å². The number of amides is 1. The Morgan fingerprint density at radius 3 is 2.41 bits per heavy atom. The van der Waals surface area contributed by atoms with Gasteiger partial charge in [0, 0.05) is 17.8 Å². The van der Waals surface area contributed by atoms with Crippen LogP contribution in [0.25, 0.3) is 0 Å². The van der Waals surface area contributed by atoms with Crippen molar-refractivity contribution in [2.45, 2.75) is 51.5 Å². The molecule has 1 aliphatic carbocycles. The van der Waals surface area contributed by atoms with Gasteiger partial charge in [-0.15, -0.1) is 0 Å². The number of fused-ring (bicyclic) bond motifs is 1. The molecule has 0 saturated heterocycles. The third-order valence-corrected chi connectivity index (χ3v) is 6.59. The normalized spacial score (nSPS) is 15.0. The third-order valence-electron chi connectivity index (χ3n) is 6.59. The van der Waals surface area contributed by atoms with Crippen LogP contribution in [0.1, 0.15) is 60.8 Å². The Bertz CT molecular complexity index is 1170. The number of ether oxygens (including phenoxy) is 1. The third kappa shape index (κ3) is 4.96. The number of nitro benzene ring substituents is 1. The summed E-state index contributed by atoms with van der Waals surface area (Å²) >= 11 is 0. The minimum atomic E-state index is -0.413. The molecule has 0 saturated carbocycles. The number of carbonyl (C=O) groups is 1. The van der Waals surface area contributed by atoms with Crippen molar-refractivity contribution in [2.75, 3.05) is 12.0 Å². The summed E-state index contributed by atoms with van der Waals surface area (Å²) in [6.45, 7) is 4.62. The Balaban J connectivity index is 1.70. The standard InChI is InChI=1S/C28H30N2O4/c1-19(2)21-9-14-23(15-10-21)29(18-20-7-12-24(13-8-20)30(32)33)28(31)26-6-4-5-22-11-16-25(34-3)17-27(22)26/h7-17,19,26H,4-6,18H2,1-3H3. The van der Waals surface area contributed by atoms with Crippen molar-refractivity contribution in [1.29, 1.82) is 0 Å². The van der Waals surface area contributed by atoms with Gasteiger partial charge in [-0.25, -0.2) is 0 Å². The molecule has 0 aliphatic heterocycles. The van der Waals surface area contributed by atoms with Gasteiger partial charge < -0.3 is 9.64 Å². The van der Waals surface area contributed by atoms with Crippen LogP contribution in [0.5, 0.6) is 5.75 Å². The zero-order chi connectivity index (χ0) is 24.2. The second kappa shape index (κ2) is 10.1. The zero-order valence-electron chi connectivity index (χ0n) is 19.9. The lowest BCUT2D eigenvalue weighted by atomic mass is 9.81. The highest BCUT2D eigenvalue weighted by Gasteiger charge is 2.31. The van der Waals surface area contributed by atoms with Gasteiger partial charge in [-0.05, 0) is 71.7 Å². The Morgan fingerprint density at radius 1 is 1.09 bits per heavy atom. The van der Waals surface area contributed by atoms with Crippen LogP contribution < -0.4 is 9.64 Å². The molecule has 6 heteroatoms. The molecule has 1 atom stereocenters. The average molecular weight is 459 g/mol. The lowest BCUT2D eigenvalue weighted by Gasteiger charge is -2.31. The molecule has 3 aromatic rings. The van der Waals surface area contributed by atoms with Crippen LogP contribution in [0.2, 0.25) is 0 Å². The van der Waals surface area contributed by atoms with Gasteiger partial charge in [0.15, 0.2) is 0 Å². The van der Waals surface area contributed by atoms with Crippen molar-refractivity contribution in [2.24, 2.45) is 0 Å². The first-order chi connectivity index (χ1) is 16.4. The van der Waals surface area contributed by atoms with E-state index in [1.165, 1.54) is 23.3 Å². The summed E-state index contributed by atoms with van der Waals surface area (Å²) < 4.78 is 5.44. The first kappa shape index (κ1) is 23.5. The number of carbonyl (C=O) groups excluding carboxylic acids is 1. The van der Waals surface area contributed by atoms with Crippen LogP contribution in [-0.2, 0) is 17.8 Å². The first-order valence-electron chi connectivity index (χ1n) is 11.7. The van der Waals surface area contributed by atoms with Crippen LogP contribution in [0.15, 0.2) is 66.7 Å². The van der Waals surface area contributed by atoms with Crippen molar-refractivity contribution in [3.8, 4) is 5.75 Å². The monoisotopic (exact) mass is 458 g/mol. The minimum Gasteiger partial charge on any atom is -0.497 e. The van der Waals surface area contributed by atoms with E-state index in [1.807, 2.05) is 29.2 Å². The van der Waals surface area contributed by atoms with E-state index in [2.05, 4.69) is 32.0 Å². The summed E-state index contributed by atoms with van der Waals surface area (Å²) in [5.41, 5.74) is 5.13. The van der Waals surface area contributed by atoms with E-state index in [0.29, 0.717) is 12.5 Å². The fourth-order valence-corrected chi connectivity index (χ4v) is 4.59. The molecule has 176 valence electrons. The van der Waals surface area contributed by atoms with Gasteiger partial charge in [-0.3, -0.25) is 14.9 Å². The number of non-ortho nitro benzene ring substituents is 1. The lowest BCUT2D eigenvalue weighted by Crippen LogP contribution is -2.36. The Labute approximate surface area is 200 Å². The summed E-state index contributed by atoms with van der Waals surface area (Å²) in [4.78, 5) is 26.5. The molecule has 6 nitrogen and oxygen atoms in total. The molecule has 1 aliphatic rings. The molecule has 0 bridgehead atoms. The lowest BCUT2D eigenvalue weighted by molar-refractivity contribution is -0.384. The molecule has 3 aromatic carbocycles. The number of anilines is 1. The first-order valence-corrected chi connectivity index (χ1v) is 11.7. The van der Waals surface area contributed by atoms with Gasteiger partial charge in [0.2, 0.25) is 5.91 Å². The summed E-state index contributed by atoms with van der Waals surface area (Å²) in [5.74, 6) is 0.916. The Hall–Kier alpha value is -3.67. The second-order valence-electron chi connectivity index (χ2n) is 9.10. The van der Waals surface area contributed by atoms with Crippen molar-refractivity contribution in [1.82, 2.24) is 0 Å². The number of aryl methyl sites for hydroxylation is 1. The smallest absolute Gasteiger partial charge is 0.269 e. The van der Waals surface area contributed by atoms with Crippen LogP contribution >= 0.6 is 0 Å². The predicted octanol–water partition coefficient (Wildman–Crippen LogP) is 6.38. The molecule has 0 heterocycles. The van der Waals surface area contributed by atoms with E-state index in [4.69, 9.17) is 4.74 Å². The van der Waals surface area contributed by atoms with Crippen LogP contribution in [0.4, 0.5) is 11.4 Å². The SMILES string of the molecule is COc1ccc2c(c1)C(C(=O)N(Cc1ccc([N+](=O)[O-])cc1)c1ccc(C(C)C)cc1)CCC2. The number of methoxy groups -OCH3 is 1. The van der Waals surface area contributed by atoms with E-state index in [0.717, 1.165) is 41.8 Å². The number of rotatable bonds is 7. The number of hydrogen-bond acceptors (Lipinski definition) is 4. The van der Waals surface area contributed by atoms with E-state index >= 15 is 0 Å². The molecule has 0 N–H and O–H groups in total. The van der Waals surface area contributed by atoms with E-state index in [-0.39, 0.29) is 17.5 Å². The summed E-state index contributed by atoms with van der Waals surface area (Å²) in [5, 5.41) is 11.1. The molecule has 1 amide bonds. The van der Waals surface area contributed by atoms with Gasteiger partial charge in [0.25, 0.3) is 5.69 Å². The second-order valence-corrected chi connectivity index (χ2v) is 9.10. The van der Waals surface area contributed by atoms with Crippen molar-refractivity contribution < 1.29 is 14.5 Å². The van der Waals surface area contributed by atoms with Crippen molar-refractivity contribution >= 4 is 17.3 Å². The number of nitrogens with zero attached hydrogens (tertiary/aromatic N) is 2.